The highest BCUT2D eigenvalue weighted by Gasteiger charge is 2.34. The van der Waals surface area contributed by atoms with Crippen LogP contribution >= 0.6 is 11.6 Å². The van der Waals surface area contributed by atoms with E-state index in [4.69, 9.17) is 17.4 Å². The van der Waals surface area contributed by atoms with E-state index in [0.29, 0.717) is 12.0 Å². The zero-order valence-electron chi connectivity index (χ0n) is 12.7. The summed E-state index contributed by atoms with van der Waals surface area (Å²) >= 11 is 5.83. The minimum Gasteiger partial charge on any atom is -0.297 e. The molecule has 0 aliphatic rings. The van der Waals surface area contributed by atoms with Crippen molar-refractivity contribution in [1.29, 1.82) is 0 Å². The van der Waals surface area contributed by atoms with E-state index in [-0.39, 0.29) is 22.4 Å². The van der Waals surface area contributed by atoms with Gasteiger partial charge < -0.3 is 0 Å². The van der Waals surface area contributed by atoms with Crippen LogP contribution in [0.1, 0.15) is 33.3 Å². The number of hydrazine groups is 1. The Hall–Kier alpha value is -0.680. The van der Waals surface area contributed by atoms with Crippen molar-refractivity contribution in [3.63, 3.8) is 0 Å². The van der Waals surface area contributed by atoms with Gasteiger partial charge in [-0.05, 0) is 45.0 Å². The molecule has 3 nitrogen and oxygen atoms in total. The van der Waals surface area contributed by atoms with Gasteiger partial charge in [-0.1, -0.05) is 37.6 Å². The lowest BCUT2D eigenvalue weighted by atomic mass is 9.87. The molecule has 0 radical (unpaired) electrons. The summed E-state index contributed by atoms with van der Waals surface area (Å²) in [6.07, 6.45) is 0.492. The quantitative estimate of drug-likeness (QED) is 0.601. The molecule has 0 aliphatic carbocycles. The molecule has 20 heavy (non-hydrogen) atoms. The van der Waals surface area contributed by atoms with Gasteiger partial charge in [0, 0.05) is 11.6 Å². The first-order valence-corrected chi connectivity index (χ1v) is 7.40. The first-order chi connectivity index (χ1) is 9.38. The monoisotopic (exact) mass is 301 g/mol. The molecule has 0 spiro atoms. The maximum Gasteiger partial charge on any atom is 0.145 e. The highest BCUT2D eigenvalue weighted by atomic mass is 35.5. The fourth-order valence-corrected chi connectivity index (χ4v) is 2.89. The number of benzene rings is 1. The molecule has 1 aromatic carbocycles. The van der Waals surface area contributed by atoms with Crippen LogP contribution in [-0.2, 0) is 6.42 Å². The summed E-state index contributed by atoms with van der Waals surface area (Å²) < 4.78 is 14.0. The van der Waals surface area contributed by atoms with E-state index in [0.717, 1.165) is 13.1 Å². The van der Waals surface area contributed by atoms with E-state index in [2.05, 4.69) is 38.0 Å². The lowest BCUT2D eigenvalue weighted by molar-refractivity contribution is 0.0909. The van der Waals surface area contributed by atoms with Gasteiger partial charge in [-0.2, -0.15) is 0 Å². The Kier molecular flexibility index (Phi) is 6.40. The van der Waals surface area contributed by atoms with Gasteiger partial charge >= 0.3 is 0 Å². The van der Waals surface area contributed by atoms with Crippen LogP contribution in [-0.4, -0.2) is 29.6 Å². The standard InChI is InChI=1S/C15H25ClFN3/c1-5-20(6-2)15(3,4)13(19-18)10-11-8-7-9-12(16)14(11)17/h7-9,13,19H,5-6,10,18H2,1-4H3. The molecule has 0 aliphatic heterocycles. The summed E-state index contributed by atoms with van der Waals surface area (Å²) in [4.78, 5) is 2.31. The van der Waals surface area contributed by atoms with Crippen LogP contribution in [0.5, 0.6) is 0 Å². The van der Waals surface area contributed by atoms with E-state index >= 15 is 0 Å². The molecule has 0 bridgehead atoms. The SMILES string of the molecule is CCN(CC)C(C)(C)C(Cc1cccc(Cl)c1F)NN. The van der Waals surface area contributed by atoms with Gasteiger partial charge in [0.2, 0.25) is 0 Å². The van der Waals surface area contributed by atoms with Crippen molar-refractivity contribution in [3.05, 3.63) is 34.6 Å². The van der Waals surface area contributed by atoms with Crippen LogP contribution in [0.3, 0.4) is 0 Å². The number of hydrogen-bond donors (Lipinski definition) is 2. The zero-order chi connectivity index (χ0) is 15.3. The van der Waals surface area contributed by atoms with Gasteiger partial charge in [-0.25, -0.2) is 4.39 Å². The third kappa shape index (κ3) is 3.70. The van der Waals surface area contributed by atoms with Crippen molar-refractivity contribution < 1.29 is 4.39 Å². The van der Waals surface area contributed by atoms with Crippen molar-refractivity contribution >= 4 is 11.6 Å². The molecule has 1 atom stereocenters. The molecular weight excluding hydrogens is 277 g/mol. The van der Waals surface area contributed by atoms with Crippen molar-refractivity contribution in [2.24, 2.45) is 5.84 Å². The molecule has 0 fully saturated rings. The van der Waals surface area contributed by atoms with Crippen molar-refractivity contribution in [1.82, 2.24) is 10.3 Å². The molecule has 0 heterocycles. The fraction of sp³-hybridized carbons (Fsp3) is 0.600. The minimum absolute atomic E-state index is 0.0737. The van der Waals surface area contributed by atoms with Crippen LogP contribution in [0.15, 0.2) is 18.2 Å². The molecule has 5 heteroatoms. The Bertz CT molecular complexity index is 433. The summed E-state index contributed by atoms with van der Waals surface area (Å²) in [5.41, 5.74) is 3.23. The number of nitrogens with one attached hydrogen (secondary N) is 1. The predicted molar refractivity (Wildman–Crippen MR) is 83.2 cm³/mol. The molecule has 1 rings (SSSR count). The third-order valence-electron chi connectivity index (χ3n) is 4.09. The summed E-state index contributed by atoms with van der Waals surface area (Å²) in [7, 11) is 0. The van der Waals surface area contributed by atoms with Gasteiger partial charge in [0.25, 0.3) is 0 Å². The van der Waals surface area contributed by atoms with Crippen molar-refractivity contribution in [3.8, 4) is 0 Å². The Morgan fingerprint density at radius 3 is 2.45 bits per heavy atom. The Morgan fingerprint density at radius 2 is 1.95 bits per heavy atom. The first-order valence-electron chi connectivity index (χ1n) is 7.02. The number of likely N-dealkylation sites (N-methyl/N-ethyl adjacent to an activating group) is 1. The third-order valence-corrected chi connectivity index (χ3v) is 4.38. The summed E-state index contributed by atoms with van der Waals surface area (Å²) in [5, 5.41) is 0.152. The van der Waals surface area contributed by atoms with E-state index in [1.807, 2.05) is 0 Å². The highest BCUT2D eigenvalue weighted by Crippen LogP contribution is 2.25. The molecular formula is C15H25ClFN3. The van der Waals surface area contributed by atoms with Gasteiger partial charge in [-0.15, -0.1) is 0 Å². The smallest absolute Gasteiger partial charge is 0.145 e. The second-order valence-electron chi connectivity index (χ2n) is 5.46. The number of hydrogen-bond acceptors (Lipinski definition) is 3. The first kappa shape index (κ1) is 17.4. The second-order valence-corrected chi connectivity index (χ2v) is 5.87. The van der Waals surface area contributed by atoms with Gasteiger partial charge in [0.15, 0.2) is 0 Å². The molecule has 0 aromatic heterocycles. The maximum absolute atomic E-state index is 14.0. The number of rotatable bonds is 7. The zero-order valence-corrected chi connectivity index (χ0v) is 13.5. The molecule has 0 saturated carbocycles. The Morgan fingerprint density at radius 1 is 1.35 bits per heavy atom. The van der Waals surface area contributed by atoms with Crippen LogP contribution in [0, 0.1) is 5.82 Å². The fourth-order valence-electron chi connectivity index (χ4n) is 2.70. The number of halogens is 2. The van der Waals surface area contributed by atoms with E-state index in [9.17, 15) is 4.39 Å². The Balaban J connectivity index is 2.99. The highest BCUT2D eigenvalue weighted by molar-refractivity contribution is 6.30. The number of nitrogens with zero attached hydrogens (tertiary/aromatic N) is 1. The average Bonchev–Trinajstić information content (AvgIpc) is 2.41. The summed E-state index contributed by atoms with van der Waals surface area (Å²) in [6, 6.07) is 5.00. The van der Waals surface area contributed by atoms with Crippen LogP contribution in [0.2, 0.25) is 5.02 Å². The second kappa shape index (κ2) is 7.36. The molecule has 0 saturated heterocycles. The molecule has 114 valence electrons. The van der Waals surface area contributed by atoms with Crippen molar-refractivity contribution in [2.45, 2.75) is 45.7 Å². The predicted octanol–water partition coefficient (Wildman–Crippen LogP) is 2.97. The van der Waals surface area contributed by atoms with Crippen LogP contribution in [0.4, 0.5) is 4.39 Å². The van der Waals surface area contributed by atoms with E-state index in [1.165, 1.54) is 0 Å². The molecule has 3 N–H and O–H groups in total. The van der Waals surface area contributed by atoms with Crippen molar-refractivity contribution in [2.75, 3.05) is 13.1 Å². The average molecular weight is 302 g/mol. The largest absolute Gasteiger partial charge is 0.297 e. The topological polar surface area (TPSA) is 41.3 Å². The normalized spacial score (nSPS) is 13.8. The van der Waals surface area contributed by atoms with Gasteiger partial charge in [-0.3, -0.25) is 16.2 Å². The molecule has 0 amide bonds. The maximum atomic E-state index is 14.0. The Labute approximate surface area is 126 Å². The number of nitrogens with two attached hydrogens (primary N) is 1. The van der Waals surface area contributed by atoms with E-state index in [1.54, 1.807) is 18.2 Å². The lowest BCUT2D eigenvalue weighted by Gasteiger charge is -2.43. The summed E-state index contributed by atoms with van der Waals surface area (Å²) in [6.45, 7) is 10.3. The minimum atomic E-state index is -0.357. The molecule has 1 aromatic rings. The van der Waals surface area contributed by atoms with Gasteiger partial charge in [0.05, 0.1) is 5.02 Å². The van der Waals surface area contributed by atoms with Crippen LogP contribution < -0.4 is 11.3 Å². The molecule has 1 unspecified atom stereocenters. The summed E-state index contributed by atoms with van der Waals surface area (Å²) in [5.74, 6) is 5.35. The van der Waals surface area contributed by atoms with Crippen LogP contribution in [0.25, 0.3) is 0 Å². The van der Waals surface area contributed by atoms with Gasteiger partial charge in [0.1, 0.15) is 5.82 Å². The lowest BCUT2D eigenvalue weighted by Crippen LogP contribution is -2.60. The van der Waals surface area contributed by atoms with E-state index < -0.39 is 0 Å².